The highest BCUT2D eigenvalue weighted by molar-refractivity contribution is 5.95. The number of nitrogens with zero attached hydrogens (tertiary/aromatic N) is 1. The third kappa shape index (κ3) is 5.42. The smallest absolute Gasteiger partial charge is 0.387 e. The third-order valence-corrected chi connectivity index (χ3v) is 3.70. The summed E-state index contributed by atoms with van der Waals surface area (Å²) in [6, 6.07) is 13.5. The van der Waals surface area contributed by atoms with E-state index in [-0.39, 0.29) is 23.4 Å². The van der Waals surface area contributed by atoms with Crippen molar-refractivity contribution in [2.75, 3.05) is 27.7 Å². The first kappa shape index (κ1) is 19.7. The maximum absolute atomic E-state index is 12.6. The predicted octanol–water partition coefficient (Wildman–Crippen LogP) is 3.33. The molecule has 140 valence electrons. The van der Waals surface area contributed by atoms with Gasteiger partial charge in [-0.05, 0) is 37.9 Å². The Balaban J connectivity index is 2.21. The van der Waals surface area contributed by atoms with Crippen LogP contribution in [-0.4, -0.2) is 45.2 Å². The van der Waals surface area contributed by atoms with Gasteiger partial charge < -0.3 is 19.7 Å². The number of methoxy groups -OCH3 is 1. The van der Waals surface area contributed by atoms with Crippen LogP contribution >= 0.6 is 0 Å². The number of hydrogen-bond acceptors (Lipinski definition) is 4. The zero-order valence-electron chi connectivity index (χ0n) is 14.9. The number of likely N-dealkylation sites (N-methyl/N-ethyl adjacent to an activating group) is 1. The van der Waals surface area contributed by atoms with Gasteiger partial charge in [-0.1, -0.05) is 30.3 Å². The summed E-state index contributed by atoms with van der Waals surface area (Å²) in [7, 11) is 5.16. The summed E-state index contributed by atoms with van der Waals surface area (Å²) < 4.78 is 34.3. The second-order valence-corrected chi connectivity index (χ2v) is 5.94. The van der Waals surface area contributed by atoms with Gasteiger partial charge in [0.25, 0.3) is 5.91 Å². The van der Waals surface area contributed by atoms with E-state index in [2.05, 4.69) is 10.1 Å². The topological polar surface area (TPSA) is 50.8 Å². The molecule has 2 aromatic rings. The first-order valence-electron chi connectivity index (χ1n) is 8.04. The molecule has 0 aliphatic rings. The normalized spacial score (nSPS) is 12.1. The number of benzene rings is 2. The average Bonchev–Trinajstić information content (AvgIpc) is 2.61. The predicted molar refractivity (Wildman–Crippen MR) is 94.8 cm³/mol. The van der Waals surface area contributed by atoms with Crippen LogP contribution in [0.3, 0.4) is 0 Å². The van der Waals surface area contributed by atoms with E-state index < -0.39 is 6.61 Å². The van der Waals surface area contributed by atoms with Crippen molar-refractivity contribution in [1.29, 1.82) is 0 Å². The van der Waals surface area contributed by atoms with Gasteiger partial charge in [-0.2, -0.15) is 8.78 Å². The van der Waals surface area contributed by atoms with Crippen LogP contribution in [0.15, 0.2) is 48.5 Å². The molecule has 0 unspecified atom stereocenters. The molecule has 2 aromatic carbocycles. The molecule has 0 spiro atoms. The molecule has 0 saturated carbocycles. The van der Waals surface area contributed by atoms with Crippen molar-refractivity contribution in [3.63, 3.8) is 0 Å². The Bertz CT molecular complexity index is 724. The van der Waals surface area contributed by atoms with E-state index in [1.165, 1.54) is 25.3 Å². The number of hydrogen-bond donors (Lipinski definition) is 1. The zero-order chi connectivity index (χ0) is 19.1. The lowest BCUT2D eigenvalue weighted by atomic mass is 10.1. The van der Waals surface area contributed by atoms with Gasteiger partial charge in [-0.25, -0.2) is 0 Å². The Labute approximate surface area is 151 Å². The van der Waals surface area contributed by atoms with E-state index in [0.717, 1.165) is 5.56 Å². The lowest BCUT2D eigenvalue weighted by molar-refractivity contribution is -0.0512. The van der Waals surface area contributed by atoms with Crippen molar-refractivity contribution < 1.29 is 23.0 Å². The summed E-state index contributed by atoms with van der Waals surface area (Å²) in [5.74, 6) is -0.378. The van der Waals surface area contributed by atoms with E-state index in [4.69, 9.17) is 4.74 Å². The summed E-state index contributed by atoms with van der Waals surface area (Å²) in [6.07, 6.45) is 0. The zero-order valence-corrected chi connectivity index (χ0v) is 14.9. The largest absolute Gasteiger partial charge is 0.493 e. The molecule has 1 amide bonds. The van der Waals surface area contributed by atoms with E-state index in [0.29, 0.717) is 12.1 Å². The minimum absolute atomic E-state index is 0.0711. The first-order valence-corrected chi connectivity index (χ1v) is 8.04. The molecule has 0 aliphatic heterocycles. The van der Waals surface area contributed by atoms with Crippen molar-refractivity contribution in [3.8, 4) is 11.5 Å². The molecule has 2 rings (SSSR count). The number of amides is 1. The summed E-state index contributed by atoms with van der Waals surface area (Å²) >= 11 is 0. The van der Waals surface area contributed by atoms with Crippen LogP contribution < -0.4 is 14.8 Å². The minimum atomic E-state index is -2.97. The maximum atomic E-state index is 12.6. The Hall–Kier alpha value is -2.67. The van der Waals surface area contributed by atoms with Crippen molar-refractivity contribution in [1.82, 2.24) is 10.2 Å². The number of carbonyl (C=O) groups excluding carboxylic acids is 1. The number of carbonyl (C=O) groups is 1. The van der Waals surface area contributed by atoms with Crippen molar-refractivity contribution in [3.05, 3.63) is 59.7 Å². The lowest BCUT2D eigenvalue weighted by Gasteiger charge is -2.23. The van der Waals surface area contributed by atoms with Gasteiger partial charge in [0, 0.05) is 12.1 Å². The van der Waals surface area contributed by atoms with Crippen molar-refractivity contribution in [2.24, 2.45) is 0 Å². The fourth-order valence-electron chi connectivity index (χ4n) is 2.53. The molecule has 7 heteroatoms. The molecule has 1 N–H and O–H groups in total. The fourth-order valence-corrected chi connectivity index (χ4v) is 2.53. The second-order valence-electron chi connectivity index (χ2n) is 5.94. The van der Waals surface area contributed by atoms with Crippen LogP contribution in [0, 0.1) is 0 Å². The van der Waals surface area contributed by atoms with Gasteiger partial charge in [-0.3, -0.25) is 4.79 Å². The Morgan fingerprint density at radius 1 is 1.12 bits per heavy atom. The number of nitrogens with one attached hydrogen (secondary N) is 1. The van der Waals surface area contributed by atoms with E-state index in [1.807, 2.05) is 49.3 Å². The van der Waals surface area contributed by atoms with Crippen LogP contribution in [0.2, 0.25) is 0 Å². The van der Waals surface area contributed by atoms with Gasteiger partial charge in [0.2, 0.25) is 0 Å². The van der Waals surface area contributed by atoms with Gasteiger partial charge in [0.1, 0.15) is 0 Å². The van der Waals surface area contributed by atoms with Gasteiger partial charge in [0.15, 0.2) is 11.5 Å². The van der Waals surface area contributed by atoms with Crippen LogP contribution in [0.4, 0.5) is 8.78 Å². The van der Waals surface area contributed by atoms with Crippen LogP contribution in [-0.2, 0) is 0 Å². The summed E-state index contributed by atoms with van der Waals surface area (Å²) in [6.45, 7) is -2.36. The molecule has 5 nitrogen and oxygen atoms in total. The second kappa shape index (κ2) is 9.15. The lowest BCUT2D eigenvalue weighted by Crippen LogP contribution is -2.35. The minimum Gasteiger partial charge on any atom is -0.493 e. The highest BCUT2D eigenvalue weighted by atomic mass is 19.3. The van der Waals surface area contributed by atoms with Crippen LogP contribution in [0.25, 0.3) is 0 Å². The van der Waals surface area contributed by atoms with Gasteiger partial charge in [0.05, 0.1) is 13.2 Å². The van der Waals surface area contributed by atoms with Gasteiger partial charge >= 0.3 is 6.61 Å². The van der Waals surface area contributed by atoms with E-state index in [9.17, 15) is 13.6 Å². The monoisotopic (exact) mass is 364 g/mol. The SMILES string of the molecule is COc1cc(C(=O)N[C@@H](CN(C)C)c2ccccc2)ccc1OC(F)F. The van der Waals surface area contributed by atoms with Gasteiger partial charge in [-0.15, -0.1) is 0 Å². The summed E-state index contributed by atoms with van der Waals surface area (Å²) in [5.41, 5.74) is 1.27. The molecular weight excluding hydrogens is 342 g/mol. The Morgan fingerprint density at radius 2 is 1.81 bits per heavy atom. The maximum Gasteiger partial charge on any atom is 0.387 e. The standard InChI is InChI=1S/C19H22F2N2O3/c1-23(2)12-15(13-7-5-4-6-8-13)22-18(24)14-9-10-16(26-19(20)21)17(11-14)25-3/h4-11,15,19H,12H2,1-3H3,(H,22,24)/t15-/m0/s1. The number of rotatable bonds is 8. The van der Waals surface area contributed by atoms with Crippen molar-refractivity contribution in [2.45, 2.75) is 12.7 Å². The molecule has 0 heterocycles. The van der Waals surface area contributed by atoms with Crippen LogP contribution in [0.5, 0.6) is 11.5 Å². The molecule has 0 aliphatic carbocycles. The third-order valence-electron chi connectivity index (χ3n) is 3.70. The number of halogens is 2. The van der Waals surface area contributed by atoms with E-state index in [1.54, 1.807) is 0 Å². The van der Waals surface area contributed by atoms with Crippen molar-refractivity contribution >= 4 is 5.91 Å². The molecule has 26 heavy (non-hydrogen) atoms. The first-order chi connectivity index (χ1) is 12.4. The Kier molecular flexibility index (Phi) is 6.91. The number of ether oxygens (including phenoxy) is 2. The fraction of sp³-hybridized carbons (Fsp3) is 0.316. The quantitative estimate of drug-likeness (QED) is 0.781. The summed E-state index contributed by atoms with van der Waals surface area (Å²) in [5, 5.41) is 2.97. The molecule has 0 radical (unpaired) electrons. The molecule has 0 bridgehead atoms. The molecule has 0 fully saturated rings. The van der Waals surface area contributed by atoms with Crippen LogP contribution in [0.1, 0.15) is 22.0 Å². The van der Waals surface area contributed by atoms with E-state index >= 15 is 0 Å². The number of alkyl halides is 2. The average molecular weight is 364 g/mol. The molecular formula is C19H22F2N2O3. The highest BCUT2D eigenvalue weighted by Crippen LogP contribution is 2.29. The molecule has 1 atom stereocenters. The summed E-state index contributed by atoms with van der Waals surface area (Å²) in [4.78, 5) is 14.6. The molecule has 0 saturated heterocycles. The Morgan fingerprint density at radius 3 is 2.38 bits per heavy atom. The molecule has 0 aromatic heterocycles. The highest BCUT2D eigenvalue weighted by Gasteiger charge is 2.19.